The molecule has 1 rings (SSSR count). The summed E-state index contributed by atoms with van der Waals surface area (Å²) in [6.45, 7) is 2.18. The number of hydrogen-bond acceptors (Lipinski definition) is 4. The number of phenolic OH excluding ortho intramolecular Hbond substituents is 2. The number of benzene rings is 1. The van der Waals surface area contributed by atoms with Crippen molar-refractivity contribution in [1.29, 1.82) is 0 Å². The van der Waals surface area contributed by atoms with E-state index in [4.69, 9.17) is 9.47 Å². The Morgan fingerprint density at radius 3 is 2.15 bits per heavy atom. The van der Waals surface area contributed by atoms with E-state index in [9.17, 15) is 10.2 Å². The van der Waals surface area contributed by atoms with Crippen LogP contribution in [0.5, 0.6) is 23.0 Å². The van der Waals surface area contributed by atoms with Gasteiger partial charge < -0.3 is 19.7 Å². The second-order valence-electron chi connectivity index (χ2n) is 2.40. The van der Waals surface area contributed by atoms with E-state index >= 15 is 0 Å². The van der Waals surface area contributed by atoms with Gasteiger partial charge in [0.25, 0.3) is 0 Å². The summed E-state index contributed by atoms with van der Waals surface area (Å²) >= 11 is 0. The standard InChI is InChI=1S/C9H12O4/c1-3-13-9-7(11)5-4-6(10)8(9)12-2/h4-5,10-11H,3H2,1-2H3. The fourth-order valence-corrected chi connectivity index (χ4v) is 1.02. The van der Waals surface area contributed by atoms with E-state index in [1.807, 2.05) is 0 Å². The van der Waals surface area contributed by atoms with Gasteiger partial charge in [-0.15, -0.1) is 0 Å². The monoisotopic (exact) mass is 184 g/mol. The highest BCUT2D eigenvalue weighted by atomic mass is 16.5. The lowest BCUT2D eigenvalue weighted by Gasteiger charge is -2.11. The molecule has 0 saturated carbocycles. The van der Waals surface area contributed by atoms with Crippen LogP contribution < -0.4 is 9.47 Å². The van der Waals surface area contributed by atoms with Crippen LogP contribution in [0, 0.1) is 0 Å². The lowest BCUT2D eigenvalue weighted by Crippen LogP contribution is -1.95. The number of methoxy groups -OCH3 is 1. The van der Waals surface area contributed by atoms with Gasteiger partial charge in [-0.05, 0) is 19.1 Å². The number of ether oxygens (including phenoxy) is 2. The van der Waals surface area contributed by atoms with Gasteiger partial charge in [-0.25, -0.2) is 0 Å². The summed E-state index contributed by atoms with van der Waals surface area (Å²) in [7, 11) is 1.40. The lowest BCUT2D eigenvalue weighted by molar-refractivity contribution is 0.284. The molecular formula is C9H12O4. The first kappa shape index (κ1) is 9.51. The lowest BCUT2D eigenvalue weighted by atomic mass is 10.2. The normalized spacial score (nSPS) is 9.69. The van der Waals surface area contributed by atoms with Crippen molar-refractivity contribution in [3.63, 3.8) is 0 Å². The Balaban J connectivity index is 3.18. The molecule has 4 heteroatoms. The summed E-state index contributed by atoms with van der Waals surface area (Å²) in [6, 6.07) is 2.69. The number of rotatable bonds is 3. The highest BCUT2D eigenvalue weighted by Crippen LogP contribution is 2.42. The van der Waals surface area contributed by atoms with E-state index < -0.39 is 0 Å². The first-order chi connectivity index (χ1) is 6.20. The van der Waals surface area contributed by atoms with Crippen LogP contribution in [0.4, 0.5) is 0 Å². The van der Waals surface area contributed by atoms with Gasteiger partial charge in [0.2, 0.25) is 11.5 Å². The molecule has 0 spiro atoms. The van der Waals surface area contributed by atoms with Crippen molar-refractivity contribution < 1.29 is 19.7 Å². The van der Waals surface area contributed by atoms with Gasteiger partial charge in [0.15, 0.2) is 11.5 Å². The highest BCUT2D eigenvalue weighted by Gasteiger charge is 2.13. The zero-order chi connectivity index (χ0) is 9.84. The van der Waals surface area contributed by atoms with Crippen LogP contribution in [0.25, 0.3) is 0 Å². The van der Waals surface area contributed by atoms with Crippen LogP contribution in [0.15, 0.2) is 12.1 Å². The summed E-state index contributed by atoms with van der Waals surface area (Å²) in [5.74, 6) is 0.229. The van der Waals surface area contributed by atoms with Crippen LogP contribution in [0.1, 0.15) is 6.92 Å². The Hall–Kier alpha value is -1.58. The maximum Gasteiger partial charge on any atom is 0.207 e. The van der Waals surface area contributed by atoms with Crippen molar-refractivity contribution in [1.82, 2.24) is 0 Å². The molecule has 0 aromatic heterocycles. The fraction of sp³-hybridized carbons (Fsp3) is 0.333. The Morgan fingerprint density at radius 2 is 1.69 bits per heavy atom. The maximum absolute atomic E-state index is 9.36. The minimum absolute atomic E-state index is 0.0449. The molecule has 0 aliphatic rings. The average Bonchev–Trinajstić information content (AvgIpc) is 2.12. The summed E-state index contributed by atoms with van der Waals surface area (Å²) in [6.07, 6.45) is 0. The molecule has 1 aromatic carbocycles. The summed E-state index contributed by atoms with van der Waals surface area (Å²) < 4.78 is 9.98. The first-order valence-corrected chi connectivity index (χ1v) is 3.92. The molecule has 0 bridgehead atoms. The van der Waals surface area contributed by atoms with Gasteiger partial charge in [0.1, 0.15) is 0 Å². The molecule has 0 saturated heterocycles. The van der Waals surface area contributed by atoms with Gasteiger partial charge in [-0.2, -0.15) is 0 Å². The van der Waals surface area contributed by atoms with Gasteiger partial charge in [-0.3, -0.25) is 0 Å². The largest absolute Gasteiger partial charge is 0.504 e. The fourth-order valence-electron chi connectivity index (χ4n) is 1.02. The van der Waals surface area contributed by atoms with Crippen molar-refractivity contribution in [2.45, 2.75) is 6.92 Å². The first-order valence-electron chi connectivity index (χ1n) is 3.92. The molecule has 0 amide bonds. The maximum atomic E-state index is 9.36. The molecule has 0 heterocycles. The second kappa shape index (κ2) is 3.89. The molecule has 72 valence electrons. The van der Waals surface area contributed by atoms with Crippen LogP contribution in [0.3, 0.4) is 0 Å². The van der Waals surface area contributed by atoms with Gasteiger partial charge in [-0.1, -0.05) is 0 Å². The van der Waals surface area contributed by atoms with Gasteiger partial charge >= 0.3 is 0 Å². The smallest absolute Gasteiger partial charge is 0.207 e. The van der Waals surface area contributed by atoms with E-state index in [-0.39, 0.29) is 23.0 Å². The highest BCUT2D eigenvalue weighted by molar-refractivity contribution is 5.57. The molecule has 0 unspecified atom stereocenters. The topological polar surface area (TPSA) is 58.9 Å². The molecule has 0 fully saturated rings. The Kier molecular flexibility index (Phi) is 2.84. The van der Waals surface area contributed by atoms with E-state index in [2.05, 4.69) is 0 Å². The van der Waals surface area contributed by atoms with E-state index in [0.717, 1.165) is 0 Å². The van der Waals surface area contributed by atoms with Crippen molar-refractivity contribution in [3.05, 3.63) is 12.1 Å². The van der Waals surface area contributed by atoms with Crippen LogP contribution in [0.2, 0.25) is 0 Å². The minimum atomic E-state index is -0.0521. The predicted molar refractivity (Wildman–Crippen MR) is 47.5 cm³/mol. The molecular weight excluding hydrogens is 172 g/mol. The zero-order valence-corrected chi connectivity index (χ0v) is 7.57. The molecule has 4 nitrogen and oxygen atoms in total. The number of aromatic hydroxyl groups is 2. The van der Waals surface area contributed by atoms with Crippen molar-refractivity contribution in [2.75, 3.05) is 13.7 Å². The van der Waals surface area contributed by atoms with Crippen LogP contribution in [-0.4, -0.2) is 23.9 Å². The number of hydrogen-bond donors (Lipinski definition) is 2. The molecule has 13 heavy (non-hydrogen) atoms. The molecule has 0 radical (unpaired) electrons. The Morgan fingerprint density at radius 1 is 1.15 bits per heavy atom. The van der Waals surface area contributed by atoms with Crippen molar-refractivity contribution >= 4 is 0 Å². The molecule has 0 aliphatic heterocycles. The third-order valence-corrected chi connectivity index (χ3v) is 1.56. The number of phenols is 2. The molecule has 1 aromatic rings. The van der Waals surface area contributed by atoms with Gasteiger partial charge in [0, 0.05) is 0 Å². The van der Waals surface area contributed by atoms with Crippen molar-refractivity contribution in [2.24, 2.45) is 0 Å². The van der Waals surface area contributed by atoms with Gasteiger partial charge in [0.05, 0.1) is 13.7 Å². The predicted octanol–water partition coefficient (Wildman–Crippen LogP) is 1.51. The van der Waals surface area contributed by atoms with Crippen LogP contribution >= 0.6 is 0 Å². The molecule has 0 aliphatic carbocycles. The zero-order valence-electron chi connectivity index (χ0n) is 7.57. The second-order valence-corrected chi connectivity index (χ2v) is 2.40. The summed E-state index contributed by atoms with van der Waals surface area (Å²) in [5, 5.41) is 18.7. The summed E-state index contributed by atoms with van der Waals surface area (Å²) in [4.78, 5) is 0. The van der Waals surface area contributed by atoms with E-state index in [1.165, 1.54) is 19.2 Å². The van der Waals surface area contributed by atoms with E-state index in [1.54, 1.807) is 6.92 Å². The van der Waals surface area contributed by atoms with Crippen molar-refractivity contribution in [3.8, 4) is 23.0 Å². The Labute approximate surface area is 76.3 Å². The third-order valence-electron chi connectivity index (χ3n) is 1.56. The van der Waals surface area contributed by atoms with E-state index in [0.29, 0.717) is 6.61 Å². The third kappa shape index (κ3) is 1.77. The minimum Gasteiger partial charge on any atom is -0.504 e. The average molecular weight is 184 g/mol. The SMILES string of the molecule is CCOc1c(O)ccc(O)c1OC. The quantitative estimate of drug-likeness (QED) is 0.699. The van der Waals surface area contributed by atoms with Crippen LogP contribution in [-0.2, 0) is 0 Å². The summed E-state index contributed by atoms with van der Waals surface area (Å²) in [5.41, 5.74) is 0. The molecule has 2 N–H and O–H groups in total. The Bertz CT molecular complexity index is 296. The molecule has 0 atom stereocenters.